The molecule has 0 bridgehead atoms. The van der Waals surface area contributed by atoms with Crippen molar-refractivity contribution < 1.29 is 28.2 Å². The lowest BCUT2D eigenvalue weighted by Gasteiger charge is -2.38. The molecule has 1 aromatic rings. The summed E-state index contributed by atoms with van der Waals surface area (Å²) in [7, 11) is 0. The third kappa shape index (κ3) is 7.87. The van der Waals surface area contributed by atoms with E-state index in [1.54, 1.807) is 20.8 Å². The minimum absolute atomic E-state index is 0.0575. The van der Waals surface area contributed by atoms with E-state index in [2.05, 4.69) is 21.2 Å². The average Bonchev–Trinajstić information content (AvgIpc) is 2.75. The summed E-state index contributed by atoms with van der Waals surface area (Å²) in [4.78, 5) is 36.9. The highest BCUT2D eigenvalue weighted by atomic mass is 79.9. The van der Waals surface area contributed by atoms with Gasteiger partial charge in [0.25, 0.3) is 0 Å². The van der Waals surface area contributed by atoms with Crippen LogP contribution in [-0.4, -0.2) is 41.0 Å². The van der Waals surface area contributed by atoms with E-state index in [9.17, 15) is 18.8 Å². The first-order valence-corrected chi connectivity index (χ1v) is 11.8. The number of rotatable bonds is 8. The number of Topliss-reactive ketones (excluding diaryl/α,β-unsaturated/α-hetero) is 1. The van der Waals surface area contributed by atoms with Gasteiger partial charge in [-0.25, -0.2) is 4.79 Å². The highest BCUT2D eigenvalue weighted by Crippen LogP contribution is 2.40. The molecule has 1 amide bonds. The summed E-state index contributed by atoms with van der Waals surface area (Å²) in [6.45, 7) is 6.65. The van der Waals surface area contributed by atoms with Crippen LogP contribution in [0.2, 0.25) is 0 Å². The molecule has 0 radical (unpaired) electrons. The van der Waals surface area contributed by atoms with Crippen LogP contribution in [0.25, 0.3) is 0 Å². The summed E-state index contributed by atoms with van der Waals surface area (Å²) in [5.41, 5.74) is -0.361. The Labute approximate surface area is 197 Å². The summed E-state index contributed by atoms with van der Waals surface area (Å²) in [6, 6.07) is 8.24. The molecule has 2 atom stereocenters. The zero-order chi connectivity index (χ0) is 23.9. The maximum atomic E-state index is 13.4. The van der Waals surface area contributed by atoms with Crippen LogP contribution in [0.15, 0.2) is 30.3 Å². The van der Waals surface area contributed by atoms with E-state index in [1.807, 2.05) is 37.3 Å². The van der Waals surface area contributed by atoms with Crippen molar-refractivity contribution in [1.82, 2.24) is 5.32 Å². The maximum Gasteiger partial charge on any atom is 0.408 e. The number of nitrogens with one attached hydrogen (secondary N) is 1. The summed E-state index contributed by atoms with van der Waals surface area (Å²) >= 11 is 3.15. The minimum atomic E-state index is -1.23. The molecule has 6 nitrogen and oxygen atoms in total. The van der Waals surface area contributed by atoms with Crippen LogP contribution in [0.3, 0.4) is 0 Å². The highest BCUT2D eigenvalue weighted by molar-refractivity contribution is 9.10. The third-order valence-electron chi connectivity index (χ3n) is 5.69. The topological polar surface area (TPSA) is 81.7 Å². The normalized spacial score (nSPS) is 23.0. The second kappa shape index (κ2) is 11.3. The van der Waals surface area contributed by atoms with Crippen molar-refractivity contribution in [2.75, 3.05) is 6.67 Å². The van der Waals surface area contributed by atoms with Crippen LogP contribution >= 0.6 is 15.9 Å². The van der Waals surface area contributed by atoms with Gasteiger partial charge >= 0.3 is 12.1 Å². The molecule has 1 aliphatic carbocycles. The molecular weight excluding hydrogens is 481 g/mol. The Kier molecular flexibility index (Phi) is 9.25. The molecule has 0 aliphatic heterocycles. The van der Waals surface area contributed by atoms with Crippen molar-refractivity contribution in [3.05, 3.63) is 35.9 Å². The van der Waals surface area contributed by atoms with E-state index in [0.717, 1.165) is 5.56 Å². The van der Waals surface area contributed by atoms with Gasteiger partial charge in [0, 0.05) is 0 Å². The fraction of sp³-hybridized carbons (Fsp3) is 0.625. The Bertz CT molecular complexity index is 787. The molecule has 32 heavy (non-hydrogen) atoms. The molecule has 1 saturated carbocycles. The molecule has 8 heteroatoms. The van der Waals surface area contributed by atoms with Gasteiger partial charge in [0.2, 0.25) is 0 Å². The first kappa shape index (κ1) is 26.3. The van der Waals surface area contributed by atoms with Gasteiger partial charge in [-0.1, -0.05) is 53.2 Å². The molecule has 0 heterocycles. The SMILES string of the molecule is CC1(CF)CCC(C(NC(=O)OCc2ccccc2)C(=O)C(Br)C(=O)OC(C)(C)C)CC1. The largest absolute Gasteiger partial charge is 0.459 e. The predicted octanol–water partition coefficient (Wildman–Crippen LogP) is 5.12. The van der Waals surface area contributed by atoms with Gasteiger partial charge in [0.05, 0.1) is 12.7 Å². The van der Waals surface area contributed by atoms with Gasteiger partial charge in [-0.15, -0.1) is 0 Å². The monoisotopic (exact) mass is 513 g/mol. The first-order chi connectivity index (χ1) is 14.9. The second-order valence-electron chi connectivity index (χ2n) is 9.76. The maximum absolute atomic E-state index is 13.4. The van der Waals surface area contributed by atoms with Crippen molar-refractivity contribution in [1.29, 1.82) is 0 Å². The number of amides is 1. The number of carbonyl (C=O) groups is 3. The van der Waals surface area contributed by atoms with Crippen molar-refractivity contribution in [2.45, 2.75) is 76.5 Å². The summed E-state index contributed by atoms with van der Waals surface area (Å²) in [6.07, 6.45) is 1.57. The average molecular weight is 514 g/mol. The number of alkyl halides is 2. The fourth-order valence-electron chi connectivity index (χ4n) is 3.74. The van der Waals surface area contributed by atoms with Crippen LogP contribution in [0, 0.1) is 11.3 Å². The van der Waals surface area contributed by atoms with Gasteiger partial charge in [-0.2, -0.15) is 0 Å². The van der Waals surface area contributed by atoms with Crippen molar-refractivity contribution in [2.24, 2.45) is 11.3 Å². The van der Waals surface area contributed by atoms with Gasteiger partial charge in [-0.05, 0) is 63.4 Å². The Morgan fingerprint density at radius 2 is 1.78 bits per heavy atom. The first-order valence-electron chi connectivity index (χ1n) is 10.9. The van der Waals surface area contributed by atoms with E-state index >= 15 is 0 Å². The molecule has 178 valence electrons. The number of carbonyl (C=O) groups excluding carboxylic acids is 3. The quantitative estimate of drug-likeness (QED) is 0.296. The number of hydrogen-bond donors (Lipinski definition) is 1. The van der Waals surface area contributed by atoms with Crippen LogP contribution in [0.5, 0.6) is 0 Å². The number of halogens is 2. The molecule has 2 rings (SSSR count). The zero-order valence-corrected chi connectivity index (χ0v) is 20.7. The van der Waals surface area contributed by atoms with E-state index in [1.165, 1.54) is 0 Å². The minimum Gasteiger partial charge on any atom is -0.459 e. The van der Waals surface area contributed by atoms with Crippen LogP contribution in [-0.2, 0) is 25.7 Å². The summed E-state index contributed by atoms with van der Waals surface area (Å²) in [5, 5.41) is 2.66. The summed E-state index contributed by atoms with van der Waals surface area (Å²) < 4.78 is 24.0. The van der Waals surface area contributed by atoms with Crippen LogP contribution in [0.1, 0.15) is 58.9 Å². The number of alkyl carbamates (subject to hydrolysis) is 1. The molecule has 2 unspecified atom stereocenters. The van der Waals surface area contributed by atoms with Crippen molar-refractivity contribution >= 4 is 33.8 Å². The van der Waals surface area contributed by atoms with Gasteiger partial charge < -0.3 is 14.8 Å². The van der Waals surface area contributed by atoms with Crippen molar-refractivity contribution in [3.8, 4) is 0 Å². The third-order valence-corrected chi connectivity index (χ3v) is 6.51. The molecular formula is C24H33BrFNO5. The Balaban J connectivity index is 2.10. The lowest BCUT2D eigenvalue weighted by molar-refractivity contribution is -0.155. The van der Waals surface area contributed by atoms with E-state index in [-0.39, 0.29) is 12.5 Å². The zero-order valence-electron chi connectivity index (χ0n) is 19.2. The second-order valence-corrected chi connectivity index (χ2v) is 10.7. The molecule has 1 aliphatic rings. The van der Waals surface area contributed by atoms with E-state index in [0.29, 0.717) is 25.7 Å². The van der Waals surface area contributed by atoms with Crippen molar-refractivity contribution in [3.63, 3.8) is 0 Å². The van der Waals surface area contributed by atoms with Gasteiger partial charge in [-0.3, -0.25) is 14.0 Å². The number of ether oxygens (including phenoxy) is 2. The Morgan fingerprint density at radius 3 is 2.31 bits per heavy atom. The Hall–Kier alpha value is -1.96. The van der Waals surface area contributed by atoms with Gasteiger partial charge in [0.15, 0.2) is 10.6 Å². The number of ketones is 1. The number of hydrogen-bond acceptors (Lipinski definition) is 5. The molecule has 1 aromatic carbocycles. The molecule has 0 aromatic heterocycles. The molecule has 0 spiro atoms. The number of benzene rings is 1. The standard InChI is InChI=1S/C24H33BrFNO5/c1-23(2,3)32-21(29)18(25)20(28)19(17-10-12-24(4,15-26)13-11-17)27-22(30)31-14-16-8-6-5-7-9-16/h5-9,17-19H,10-15H2,1-4H3,(H,27,30). The Morgan fingerprint density at radius 1 is 1.19 bits per heavy atom. The lowest BCUT2D eigenvalue weighted by atomic mass is 9.70. The molecule has 1 fully saturated rings. The van der Waals surface area contributed by atoms with Gasteiger partial charge in [0.1, 0.15) is 12.2 Å². The smallest absolute Gasteiger partial charge is 0.408 e. The summed E-state index contributed by atoms with van der Waals surface area (Å²) in [5.74, 6) is -1.44. The van der Waals surface area contributed by atoms with Crippen LogP contribution < -0.4 is 5.32 Å². The van der Waals surface area contributed by atoms with Crippen LogP contribution in [0.4, 0.5) is 9.18 Å². The lowest BCUT2D eigenvalue weighted by Crippen LogP contribution is -2.52. The fourth-order valence-corrected chi connectivity index (χ4v) is 4.12. The number of esters is 1. The highest BCUT2D eigenvalue weighted by Gasteiger charge is 2.42. The van der Waals surface area contributed by atoms with E-state index < -0.39 is 46.4 Å². The molecule has 1 N–H and O–H groups in total. The van der Waals surface area contributed by atoms with E-state index in [4.69, 9.17) is 9.47 Å². The predicted molar refractivity (Wildman–Crippen MR) is 123 cm³/mol. The molecule has 0 saturated heterocycles.